The van der Waals surface area contributed by atoms with Crippen molar-refractivity contribution in [2.75, 3.05) is 6.26 Å². The van der Waals surface area contributed by atoms with Crippen molar-refractivity contribution in [1.29, 1.82) is 0 Å². The zero-order valence-corrected chi connectivity index (χ0v) is 10.6. The van der Waals surface area contributed by atoms with E-state index in [2.05, 4.69) is 4.74 Å². The molecular formula is C12H12O5S. The summed E-state index contributed by atoms with van der Waals surface area (Å²) in [5.74, 6) is -1.65. The van der Waals surface area contributed by atoms with E-state index in [0.29, 0.717) is 5.56 Å². The van der Waals surface area contributed by atoms with Gasteiger partial charge in [0, 0.05) is 12.2 Å². The van der Waals surface area contributed by atoms with E-state index in [4.69, 9.17) is 0 Å². The summed E-state index contributed by atoms with van der Waals surface area (Å²) in [5, 5.41) is 0. The van der Waals surface area contributed by atoms with Crippen LogP contribution < -0.4 is 0 Å². The quantitative estimate of drug-likeness (QED) is 0.591. The van der Waals surface area contributed by atoms with Crippen molar-refractivity contribution >= 4 is 21.8 Å². The van der Waals surface area contributed by atoms with Crippen LogP contribution in [-0.4, -0.2) is 26.6 Å². The lowest BCUT2D eigenvalue weighted by atomic mass is 9.91. The fourth-order valence-electron chi connectivity index (χ4n) is 2.06. The average Bonchev–Trinajstić information content (AvgIpc) is 2.26. The van der Waals surface area contributed by atoms with Gasteiger partial charge in [-0.15, -0.1) is 0 Å². The summed E-state index contributed by atoms with van der Waals surface area (Å²) in [7, 11) is -3.38. The molecule has 1 fully saturated rings. The first-order valence-corrected chi connectivity index (χ1v) is 7.29. The third-order valence-corrected chi connectivity index (χ3v) is 3.98. The van der Waals surface area contributed by atoms with E-state index in [1.54, 1.807) is 18.2 Å². The Labute approximate surface area is 105 Å². The molecule has 2 rings (SSSR count). The van der Waals surface area contributed by atoms with Crippen LogP contribution in [0.15, 0.2) is 29.2 Å². The number of carbonyl (C=O) groups excluding carboxylic acids is 2. The summed E-state index contributed by atoms with van der Waals surface area (Å²) in [6.45, 7) is 0. The predicted octanol–water partition coefficient (Wildman–Crippen LogP) is 1.04. The first-order chi connectivity index (χ1) is 8.38. The molecule has 1 aromatic rings. The summed E-state index contributed by atoms with van der Waals surface area (Å²) < 4.78 is 27.8. The van der Waals surface area contributed by atoms with E-state index >= 15 is 0 Å². The Hall–Kier alpha value is -1.69. The summed E-state index contributed by atoms with van der Waals surface area (Å²) in [4.78, 5) is 22.6. The molecule has 0 radical (unpaired) electrons. The Morgan fingerprint density at radius 3 is 2.22 bits per heavy atom. The van der Waals surface area contributed by atoms with Gasteiger partial charge in [0.1, 0.15) is 0 Å². The van der Waals surface area contributed by atoms with Crippen molar-refractivity contribution in [2.24, 2.45) is 0 Å². The van der Waals surface area contributed by atoms with E-state index in [9.17, 15) is 18.0 Å². The van der Waals surface area contributed by atoms with Crippen molar-refractivity contribution in [1.82, 2.24) is 0 Å². The van der Waals surface area contributed by atoms with Gasteiger partial charge in [-0.1, -0.05) is 18.2 Å². The minimum atomic E-state index is -3.38. The highest BCUT2D eigenvalue weighted by atomic mass is 32.2. The SMILES string of the molecule is CS(=O)(=O)c1ccccc1C1CC(=O)OC(=O)C1. The number of carbonyl (C=O) groups is 2. The van der Waals surface area contributed by atoms with Crippen LogP contribution in [0, 0.1) is 0 Å². The van der Waals surface area contributed by atoms with Crippen LogP contribution in [-0.2, 0) is 24.2 Å². The first kappa shape index (κ1) is 12.8. The predicted molar refractivity (Wildman–Crippen MR) is 62.6 cm³/mol. The number of esters is 2. The molecule has 0 amide bonds. The summed E-state index contributed by atoms with van der Waals surface area (Å²) >= 11 is 0. The molecule has 0 aliphatic carbocycles. The van der Waals surface area contributed by atoms with E-state index in [0.717, 1.165) is 6.26 Å². The maximum Gasteiger partial charge on any atom is 0.314 e. The molecule has 0 atom stereocenters. The van der Waals surface area contributed by atoms with Crippen molar-refractivity contribution in [3.63, 3.8) is 0 Å². The molecule has 5 nitrogen and oxygen atoms in total. The molecule has 1 heterocycles. The third kappa shape index (κ3) is 2.59. The van der Waals surface area contributed by atoms with Gasteiger partial charge in [0.15, 0.2) is 9.84 Å². The van der Waals surface area contributed by atoms with Crippen LogP contribution in [0.4, 0.5) is 0 Å². The fourth-order valence-corrected chi connectivity index (χ4v) is 3.05. The minimum Gasteiger partial charge on any atom is -0.393 e. The fraction of sp³-hybridized carbons (Fsp3) is 0.333. The van der Waals surface area contributed by atoms with Crippen LogP contribution in [0.25, 0.3) is 0 Å². The molecular weight excluding hydrogens is 256 g/mol. The van der Waals surface area contributed by atoms with Gasteiger partial charge >= 0.3 is 11.9 Å². The maximum atomic E-state index is 11.7. The Kier molecular flexibility index (Phi) is 3.21. The molecule has 0 unspecified atom stereocenters. The average molecular weight is 268 g/mol. The molecule has 0 spiro atoms. The third-order valence-electron chi connectivity index (χ3n) is 2.81. The summed E-state index contributed by atoms with van der Waals surface area (Å²) in [5.41, 5.74) is 0.505. The highest BCUT2D eigenvalue weighted by Gasteiger charge is 2.31. The Bertz CT molecular complexity index is 587. The Morgan fingerprint density at radius 1 is 1.11 bits per heavy atom. The maximum absolute atomic E-state index is 11.7. The number of rotatable bonds is 2. The number of hydrogen-bond acceptors (Lipinski definition) is 5. The van der Waals surface area contributed by atoms with Gasteiger partial charge in [0.25, 0.3) is 0 Å². The van der Waals surface area contributed by atoms with Gasteiger partial charge in [-0.05, 0) is 11.6 Å². The van der Waals surface area contributed by atoms with E-state index < -0.39 is 27.7 Å². The monoisotopic (exact) mass is 268 g/mol. The number of cyclic esters (lactones) is 2. The van der Waals surface area contributed by atoms with Crippen molar-refractivity contribution in [3.8, 4) is 0 Å². The lowest BCUT2D eigenvalue weighted by Crippen LogP contribution is -2.25. The molecule has 1 aromatic carbocycles. The lowest BCUT2D eigenvalue weighted by molar-refractivity contribution is -0.163. The van der Waals surface area contributed by atoms with E-state index in [1.807, 2.05) is 0 Å². The second kappa shape index (κ2) is 4.53. The lowest BCUT2D eigenvalue weighted by Gasteiger charge is -2.21. The second-order valence-electron chi connectivity index (χ2n) is 4.26. The number of benzene rings is 1. The zero-order valence-electron chi connectivity index (χ0n) is 9.75. The molecule has 6 heteroatoms. The van der Waals surface area contributed by atoms with Crippen molar-refractivity contribution < 1.29 is 22.7 Å². The molecule has 0 N–H and O–H groups in total. The highest BCUT2D eigenvalue weighted by Crippen LogP contribution is 2.32. The van der Waals surface area contributed by atoms with Gasteiger partial charge in [0.2, 0.25) is 0 Å². The topological polar surface area (TPSA) is 77.5 Å². The number of ether oxygens (including phenoxy) is 1. The van der Waals surface area contributed by atoms with Crippen LogP contribution in [0.5, 0.6) is 0 Å². The first-order valence-electron chi connectivity index (χ1n) is 5.40. The molecule has 0 bridgehead atoms. The standard InChI is InChI=1S/C12H12O5S/c1-18(15,16)10-5-3-2-4-9(10)8-6-11(13)17-12(14)7-8/h2-5,8H,6-7H2,1H3. The Morgan fingerprint density at radius 2 is 1.67 bits per heavy atom. The normalized spacial score (nSPS) is 17.6. The molecule has 1 saturated heterocycles. The van der Waals surface area contributed by atoms with Crippen LogP contribution in [0.3, 0.4) is 0 Å². The van der Waals surface area contributed by atoms with Crippen LogP contribution >= 0.6 is 0 Å². The molecule has 0 saturated carbocycles. The molecule has 18 heavy (non-hydrogen) atoms. The van der Waals surface area contributed by atoms with Gasteiger partial charge in [-0.3, -0.25) is 9.59 Å². The molecule has 1 aliphatic heterocycles. The van der Waals surface area contributed by atoms with E-state index in [-0.39, 0.29) is 17.7 Å². The van der Waals surface area contributed by atoms with E-state index in [1.165, 1.54) is 6.07 Å². The molecule has 96 valence electrons. The largest absolute Gasteiger partial charge is 0.393 e. The van der Waals surface area contributed by atoms with Crippen LogP contribution in [0.2, 0.25) is 0 Å². The number of hydrogen-bond donors (Lipinski definition) is 0. The second-order valence-corrected chi connectivity index (χ2v) is 6.25. The zero-order chi connectivity index (χ0) is 13.3. The van der Waals surface area contributed by atoms with Crippen LogP contribution in [0.1, 0.15) is 24.3 Å². The highest BCUT2D eigenvalue weighted by molar-refractivity contribution is 7.90. The van der Waals surface area contributed by atoms with Crippen molar-refractivity contribution in [3.05, 3.63) is 29.8 Å². The molecule has 1 aliphatic rings. The van der Waals surface area contributed by atoms with Gasteiger partial charge < -0.3 is 4.74 Å². The number of sulfone groups is 1. The minimum absolute atomic E-state index is 0.0261. The smallest absolute Gasteiger partial charge is 0.314 e. The summed E-state index contributed by atoms with van der Waals surface area (Å²) in [6.07, 6.45) is 1.16. The van der Waals surface area contributed by atoms with Gasteiger partial charge in [-0.2, -0.15) is 0 Å². The van der Waals surface area contributed by atoms with Gasteiger partial charge in [0.05, 0.1) is 17.7 Å². The summed E-state index contributed by atoms with van der Waals surface area (Å²) in [6, 6.07) is 6.42. The Balaban J connectivity index is 2.45. The van der Waals surface area contributed by atoms with Gasteiger partial charge in [-0.25, -0.2) is 8.42 Å². The van der Waals surface area contributed by atoms with Crippen molar-refractivity contribution in [2.45, 2.75) is 23.7 Å². The molecule has 0 aromatic heterocycles.